The van der Waals surface area contributed by atoms with E-state index in [0.29, 0.717) is 34.7 Å². The number of hydrogen-bond acceptors (Lipinski definition) is 7. The monoisotopic (exact) mass is 444 g/mol. The number of cyclic esters (lactones) is 1. The highest BCUT2D eigenvalue weighted by Gasteiger charge is 2.34. The molecule has 0 bridgehead atoms. The van der Waals surface area contributed by atoms with E-state index in [1.54, 1.807) is 16.8 Å². The van der Waals surface area contributed by atoms with E-state index in [4.69, 9.17) is 15.5 Å². The Kier molecular flexibility index (Phi) is 4.90. The Morgan fingerprint density at radius 1 is 1.18 bits per heavy atom. The average Bonchev–Trinajstić information content (AvgIpc) is 3.20. The van der Waals surface area contributed by atoms with Crippen molar-refractivity contribution < 1.29 is 14.6 Å². The molecule has 33 heavy (non-hydrogen) atoms. The molecule has 3 aromatic heterocycles. The molecule has 1 atom stereocenters. The number of anilines is 1. The molecule has 1 unspecified atom stereocenters. The van der Waals surface area contributed by atoms with Crippen LogP contribution in [0.4, 0.5) is 5.69 Å². The highest BCUT2D eigenvalue weighted by molar-refractivity contribution is 6.08. The first-order valence-electron chi connectivity index (χ1n) is 11.1. The number of nitrogens with zero attached hydrogens (tertiary/aromatic N) is 3. The molecular formula is C25H24N4O4. The number of ether oxygens (including phenoxy) is 1. The molecule has 6 rings (SSSR count). The lowest BCUT2D eigenvalue weighted by Gasteiger charge is -2.21. The second kappa shape index (κ2) is 7.67. The molecule has 0 amide bonds. The van der Waals surface area contributed by atoms with E-state index in [-0.39, 0.29) is 12.2 Å². The Morgan fingerprint density at radius 2 is 1.94 bits per heavy atom. The van der Waals surface area contributed by atoms with Gasteiger partial charge in [-0.25, -0.2) is 9.78 Å². The highest BCUT2D eigenvalue weighted by Crippen LogP contribution is 2.39. The molecule has 8 nitrogen and oxygen atoms in total. The number of nitrogen functional groups attached to an aromatic ring is 1. The minimum Gasteiger partial charge on any atom is -0.458 e. The van der Waals surface area contributed by atoms with Gasteiger partial charge in [-0.1, -0.05) is 20.8 Å². The normalized spacial score (nSPS) is 16.0. The van der Waals surface area contributed by atoms with Crippen LogP contribution in [0.2, 0.25) is 0 Å². The number of pyridine rings is 3. The fourth-order valence-corrected chi connectivity index (χ4v) is 4.83. The Morgan fingerprint density at radius 3 is 2.70 bits per heavy atom. The summed E-state index contributed by atoms with van der Waals surface area (Å²) in [6, 6.07) is 7.44. The minimum absolute atomic E-state index is 0.133. The maximum atomic E-state index is 13.2. The fourth-order valence-electron chi connectivity index (χ4n) is 4.83. The molecule has 4 aromatic rings. The lowest BCUT2D eigenvalue weighted by Crippen LogP contribution is -2.32. The van der Waals surface area contributed by atoms with Crippen LogP contribution in [0.1, 0.15) is 49.1 Å². The zero-order valence-corrected chi connectivity index (χ0v) is 18.7. The van der Waals surface area contributed by atoms with E-state index < -0.39 is 12.1 Å². The SMILES string of the molecule is CC.CCc1c2c(nc3ccc4ncc(N)cc4c13)-c1cc3c(c(=O)n1C2)COC(=O)C3O. The summed E-state index contributed by atoms with van der Waals surface area (Å²) in [5.74, 6) is -0.743. The first kappa shape index (κ1) is 21.1. The second-order valence-corrected chi connectivity index (χ2v) is 7.93. The summed E-state index contributed by atoms with van der Waals surface area (Å²) < 4.78 is 6.61. The van der Waals surface area contributed by atoms with Crippen LogP contribution in [0, 0.1) is 0 Å². The number of benzene rings is 1. The fraction of sp³-hybridized carbons (Fsp3) is 0.280. The van der Waals surface area contributed by atoms with Crippen molar-refractivity contribution in [2.45, 2.75) is 46.4 Å². The van der Waals surface area contributed by atoms with Crippen LogP contribution in [0.15, 0.2) is 35.3 Å². The summed E-state index contributed by atoms with van der Waals surface area (Å²) >= 11 is 0. The summed E-state index contributed by atoms with van der Waals surface area (Å²) in [7, 11) is 0. The second-order valence-electron chi connectivity index (χ2n) is 7.93. The Bertz CT molecular complexity index is 1520. The standard InChI is InChI=1S/C23H18N4O4.C2H6/c1-2-11-14-8-27-18(6-12-15(22(27)29)9-31-23(30)21(12)28)20(14)26-17-4-3-16-13(19(11)17)5-10(24)7-25-16;1-2/h3-7,21,28H,2,8-9,24H2,1H3;1-2H3. The number of carbonyl (C=O) groups excluding carboxylic acids is 1. The zero-order chi connectivity index (χ0) is 23.4. The van der Waals surface area contributed by atoms with Crippen molar-refractivity contribution in [1.29, 1.82) is 0 Å². The van der Waals surface area contributed by atoms with Crippen LogP contribution in [0.3, 0.4) is 0 Å². The minimum atomic E-state index is -1.46. The van der Waals surface area contributed by atoms with Crippen LogP contribution in [0.25, 0.3) is 33.2 Å². The van der Waals surface area contributed by atoms with Crippen LogP contribution in [0.5, 0.6) is 0 Å². The van der Waals surface area contributed by atoms with Gasteiger partial charge in [0.1, 0.15) is 6.61 Å². The molecule has 3 N–H and O–H groups in total. The molecule has 0 saturated carbocycles. The number of esters is 1. The largest absolute Gasteiger partial charge is 0.458 e. The van der Waals surface area contributed by atoms with Crippen LogP contribution >= 0.6 is 0 Å². The van der Waals surface area contributed by atoms with Gasteiger partial charge >= 0.3 is 5.97 Å². The van der Waals surface area contributed by atoms with Crippen molar-refractivity contribution in [3.8, 4) is 11.4 Å². The predicted octanol–water partition coefficient (Wildman–Crippen LogP) is 3.23. The van der Waals surface area contributed by atoms with Crippen molar-refractivity contribution >= 4 is 33.5 Å². The van der Waals surface area contributed by atoms with Gasteiger partial charge in [0.15, 0.2) is 6.10 Å². The van der Waals surface area contributed by atoms with Crippen molar-refractivity contribution in [2.24, 2.45) is 0 Å². The number of aryl methyl sites for hydroxylation is 1. The van der Waals surface area contributed by atoms with E-state index in [2.05, 4.69) is 11.9 Å². The van der Waals surface area contributed by atoms with Crippen LogP contribution in [-0.4, -0.2) is 25.6 Å². The molecule has 168 valence electrons. The molecule has 8 heteroatoms. The number of fused-ring (bicyclic) bond motifs is 7. The smallest absolute Gasteiger partial charge is 0.340 e. The third-order valence-electron chi connectivity index (χ3n) is 6.27. The zero-order valence-electron chi connectivity index (χ0n) is 18.7. The third kappa shape index (κ3) is 2.94. The molecule has 2 aliphatic heterocycles. The van der Waals surface area contributed by atoms with Crippen LogP contribution in [-0.2, 0) is 29.1 Å². The van der Waals surface area contributed by atoms with Gasteiger partial charge in [0, 0.05) is 21.9 Å². The predicted molar refractivity (Wildman–Crippen MR) is 126 cm³/mol. The number of aromatic nitrogens is 3. The number of hydrogen-bond donors (Lipinski definition) is 2. The molecule has 0 saturated heterocycles. The van der Waals surface area contributed by atoms with E-state index in [1.165, 1.54) is 0 Å². The van der Waals surface area contributed by atoms with Crippen molar-refractivity contribution in [2.75, 3.05) is 5.73 Å². The van der Waals surface area contributed by atoms with E-state index >= 15 is 0 Å². The Hall–Kier alpha value is -3.78. The van der Waals surface area contributed by atoms with Gasteiger partial charge in [-0.2, -0.15) is 0 Å². The van der Waals surface area contributed by atoms with Gasteiger partial charge in [0.05, 0.1) is 46.4 Å². The maximum absolute atomic E-state index is 13.2. The van der Waals surface area contributed by atoms with Crippen molar-refractivity contribution in [1.82, 2.24) is 14.5 Å². The topological polar surface area (TPSA) is 120 Å². The molecular weight excluding hydrogens is 420 g/mol. The number of aliphatic hydroxyl groups excluding tert-OH is 1. The number of nitrogens with two attached hydrogens (primary N) is 1. The third-order valence-corrected chi connectivity index (χ3v) is 6.27. The quantitative estimate of drug-likeness (QED) is 0.301. The van der Waals surface area contributed by atoms with Crippen molar-refractivity contribution in [3.63, 3.8) is 0 Å². The van der Waals surface area contributed by atoms with E-state index in [1.807, 2.05) is 32.0 Å². The number of carbonyl (C=O) groups is 1. The van der Waals surface area contributed by atoms with E-state index in [0.717, 1.165) is 39.4 Å². The number of rotatable bonds is 1. The highest BCUT2D eigenvalue weighted by atomic mass is 16.5. The number of aliphatic hydroxyl groups is 1. The molecule has 0 radical (unpaired) electrons. The van der Waals surface area contributed by atoms with Gasteiger partial charge in [0.25, 0.3) is 5.56 Å². The van der Waals surface area contributed by atoms with Gasteiger partial charge in [-0.15, -0.1) is 0 Å². The first-order valence-corrected chi connectivity index (χ1v) is 11.1. The van der Waals surface area contributed by atoms with Gasteiger partial charge in [0.2, 0.25) is 0 Å². The molecule has 0 spiro atoms. The molecule has 1 aromatic carbocycles. The maximum Gasteiger partial charge on any atom is 0.340 e. The first-order chi connectivity index (χ1) is 16.0. The Balaban J connectivity index is 0.00000111. The summed E-state index contributed by atoms with van der Waals surface area (Å²) in [5.41, 5.74) is 11.9. The lowest BCUT2D eigenvalue weighted by atomic mass is 9.95. The molecule has 2 aliphatic rings. The lowest BCUT2D eigenvalue weighted by molar-refractivity contribution is -0.157. The summed E-state index contributed by atoms with van der Waals surface area (Å²) in [5, 5.41) is 12.2. The van der Waals surface area contributed by atoms with Gasteiger partial charge < -0.3 is 20.1 Å². The van der Waals surface area contributed by atoms with Crippen molar-refractivity contribution in [3.05, 3.63) is 63.1 Å². The summed E-state index contributed by atoms with van der Waals surface area (Å²) in [4.78, 5) is 34.3. The average molecular weight is 444 g/mol. The van der Waals surface area contributed by atoms with E-state index in [9.17, 15) is 14.7 Å². The molecule has 0 fully saturated rings. The Labute approximate surface area is 189 Å². The molecule has 0 aliphatic carbocycles. The van der Waals surface area contributed by atoms with Gasteiger partial charge in [-0.05, 0) is 36.2 Å². The molecule has 5 heterocycles. The van der Waals surface area contributed by atoms with Crippen LogP contribution < -0.4 is 11.3 Å². The summed E-state index contributed by atoms with van der Waals surface area (Å²) in [6.45, 7) is 6.31. The van der Waals surface area contributed by atoms with Gasteiger partial charge in [-0.3, -0.25) is 9.78 Å². The summed E-state index contributed by atoms with van der Waals surface area (Å²) in [6.07, 6.45) is 0.910.